The first-order valence-electron chi connectivity index (χ1n) is 11.0. The molecule has 2 aliphatic rings. The smallest absolute Gasteiger partial charge is 0.161 e. The highest BCUT2D eigenvalue weighted by molar-refractivity contribution is 5.28. The first-order chi connectivity index (χ1) is 12.6. The SMILES string of the molecule is CCCCCC1CCC(C2CCC(c3cc(C)c(F)c(F)c3)CC2)CC1. The van der Waals surface area contributed by atoms with Crippen molar-refractivity contribution in [2.24, 2.45) is 17.8 Å². The summed E-state index contributed by atoms with van der Waals surface area (Å²) < 4.78 is 27.3. The zero-order valence-corrected chi connectivity index (χ0v) is 16.7. The van der Waals surface area contributed by atoms with Crippen LogP contribution in [0.5, 0.6) is 0 Å². The summed E-state index contributed by atoms with van der Waals surface area (Å²) in [6.45, 7) is 3.96. The molecule has 0 saturated heterocycles. The molecule has 0 aromatic heterocycles. The molecule has 0 spiro atoms. The van der Waals surface area contributed by atoms with Crippen LogP contribution in [0.3, 0.4) is 0 Å². The summed E-state index contributed by atoms with van der Waals surface area (Å²) in [6, 6.07) is 3.31. The minimum absolute atomic E-state index is 0.422. The van der Waals surface area contributed by atoms with Gasteiger partial charge in [0.2, 0.25) is 0 Å². The average Bonchev–Trinajstić information content (AvgIpc) is 2.67. The Labute approximate surface area is 158 Å². The largest absolute Gasteiger partial charge is 0.204 e. The molecular formula is C24H36F2. The first kappa shape index (κ1) is 19.8. The molecule has 0 nitrogen and oxygen atoms in total. The van der Waals surface area contributed by atoms with Gasteiger partial charge >= 0.3 is 0 Å². The van der Waals surface area contributed by atoms with E-state index in [4.69, 9.17) is 0 Å². The van der Waals surface area contributed by atoms with E-state index in [0.29, 0.717) is 11.5 Å². The number of rotatable bonds is 6. The van der Waals surface area contributed by atoms with Crippen LogP contribution >= 0.6 is 0 Å². The number of benzene rings is 1. The fourth-order valence-corrected chi connectivity index (χ4v) is 5.54. The maximum Gasteiger partial charge on any atom is 0.161 e. The predicted octanol–water partition coefficient (Wildman–Crippen LogP) is 7.93. The summed E-state index contributed by atoms with van der Waals surface area (Å²) in [5.74, 6) is 1.84. The molecule has 3 rings (SSSR count). The highest BCUT2D eigenvalue weighted by Crippen LogP contribution is 2.44. The van der Waals surface area contributed by atoms with Gasteiger partial charge in [-0.3, -0.25) is 0 Å². The Kier molecular flexibility index (Phi) is 7.12. The normalized spacial score (nSPS) is 29.7. The summed E-state index contributed by atoms with van der Waals surface area (Å²) >= 11 is 0. The van der Waals surface area contributed by atoms with Crippen molar-refractivity contribution in [3.8, 4) is 0 Å². The maximum absolute atomic E-state index is 13.7. The molecular weight excluding hydrogens is 326 g/mol. The lowest BCUT2D eigenvalue weighted by atomic mass is 9.68. The number of hydrogen-bond acceptors (Lipinski definition) is 0. The number of halogens is 2. The van der Waals surface area contributed by atoms with Crippen LogP contribution in [0.25, 0.3) is 0 Å². The van der Waals surface area contributed by atoms with E-state index in [-0.39, 0.29) is 0 Å². The van der Waals surface area contributed by atoms with Crippen molar-refractivity contribution in [3.63, 3.8) is 0 Å². The second kappa shape index (κ2) is 9.33. The Morgan fingerprint density at radius 3 is 2.04 bits per heavy atom. The van der Waals surface area contributed by atoms with Gasteiger partial charge in [-0.05, 0) is 86.3 Å². The van der Waals surface area contributed by atoms with Crippen LogP contribution in [0.1, 0.15) is 101 Å². The van der Waals surface area contributed by atoms with E-state index in [0.717, 1.165) is 36.2 Å². The molecule has 0 radical (unpaired) electrons. The van der Waals surface area contributed by atoms with Gasteiger partial charge in [0.25, 0.3) is 0 Å². The van der Waals surface area contributed by atoms with Crippen LogP contribution in [0, 0.1) is 36.3 Å². The lowest BCUT2D eigenvalue weighted by Gasteiger charge is -2.38. The molecule has 26 heavy (non-hydrogen) atoms. The highest BCUT2D eigenvalue weighted by Gasteiger charge is 2.31. The van der Waals surface area contributed by atoms with E-state index in [1.807, 2.05) is 6.07 Å². The number of aryl methyl sites for hydroxylation is 1. The van der Waals surface area contributed by atoms with E-state index < -0.39 is 11.6 Å². The Balaban J connectivity index is 1.46. The minimum Gasteiger partial charge on any atom is -0.204 e. The Bertz CT molecular complexity index is 541. The molecule has 1 aromatic carbocycles. The third kappa shape index (κ3) is 4.87. The fourth-order valence-electron chi connectivity index (χ4n) is 5.54. The van der Waals surface area contributed by atoms with Crippen LogP contribution in [-0.4, -0.2) is 0 Å². The molecule has 2 saturated carbocycles. The summed E-state index contributed by atoms with van der Waals surface area (Å²) in [7, 11) is 0. The van der Waals surface area contributed by atoms with E-state index >= 15 is 0 Å². The van der Waals surface area contributed by atoms with E-state index in [1.165, 1.54) is 70.3 Å². The first-order valence-corrected chi connectivity index (χ1v) is 11.0. The predicted molar refractivity (Wildman–Crippen MR) is 105 cm³/mol. The molecule has 0 unspecified atom stereocenters. The molecule has 0 N–H and O–H groups in total. The van der Waals surface area contributed by atoms with Gasteiger partial charge in [-0.15, -0.1) is 0 Å². The van der Waals surface area contributed by atoms with Crippen LogP contribution in [0.4, 0.5) is 8.78 Å². The molecule has 2 fully saturated rings. The van der Waals surface area contributed by atoms with Crippen LogP contribution < -0.4 is 0 Å². The molecule has 0 bridgehead atoms. The Morgan fingerprint density at radius 2 is 1.46 bits per heavy atom. The van der Waals surface area contributed by atoms with Crippen molar-refractivity contribution in [1.29, 1.82) is 0 Å². The topological polar surface area (TPSA) is 0 Å². The second-order valence-electron chi connectivity index (χ2n) is 9.02. The zero-order chi connectivity index (χ0) is 18.5. The quantitative estimate of drug-likeness (QED) is 0.451. The zero-order valence-electron chi connectivity index (χ0n) is 16.7. The average molecular weight is 363 g/mol. The Hall–Kier alpha value is -0.920. The summed E-state index contributed by atoms with van der Waals surface area (Å²) in [5, 5.41) is 0. The van der Waals surface area contributed by atoms with Crippen molar-refractivity contribution < 1.29 is 8.78 Å². The standard InChI is InChI=1S/C24H36F2/c1-3-4-5-6-18-7-9-19(10-8-18)20-11-13-21(14-12-20)22-15-17(2)24(26)23(25)16-22/h15-16,18-21H,3-14H2,1-2H3. The van der Waals surface area contributed by atoms with Gasteiger partial charge in [0.15, 0.2) is 11.6 Å². The molecule has 0 atom stereocenters. The lowest BCUT2D eigenvalue weighted by molar-refractivity contribution is 0.155. The maximum atomic E-state index is 13.7. The molecule has 2 aliphatic carbocycles. The van der Waals surface area contributed by atoms with Gasteiger partial charge in [-0.25, -0.2) is 8.78 Å². The third-order valence-corrected chi connectivity index (χ3v) is 7.25. The van der Waals surface area contributed by atoms with Gasteiger partial charge in [0.05, 0.1) is 0 Å². The number of unbranched alkanes of at least 4 members (excludes halogenated alkanes) is 2. The molecule has 146 valence electrons. The third-order valence-electron chi connectivity index (χ3n) is 7.25. The summed E-state index contributed by atoms with van der Waals surface area (Å²) in [5.41, 5.74) is 1.46. The van der Waals surface area contributed by atoms with Crippen molar-refractivity contribution in [2.45, 2.75) is 96.8 Å². The van der Waals surface area contributed by atoms with Crippen molar-refractivity contribution in [2.75, 3.05) is 0 Å². The van der Waals surface area contributed by atoms with E-state index in [1.54, 1.807) is 6.92 Å². The minimum atomic E-state index is -0.682. The van der Waals surface area contributed by atoms with E-state index in [2.05, 4.69) is 6.92 Å². The van der Waals surface area contributed by atoms with Crippen molar-refractivity contribution in [1.82, 2.24) is 0 Å². The highest BCUT2D eigenvalue weighted by atomic mass is 19.2. The van der Waals surface area contributed by atoms with Crippen LogP contribution in [0.15, 0.2) is 12.1 Å². The number of hydrogen-bond donors (Lipinski definition) is 0. The lowest BCUT2D eigenvalue weighted by Crippen LogP contribution is -2.25. The van der Waals surface area contributed by atoms with Gasteiger partial charge < -0.3 is 0 Å². The monoisotopic (exact) mass is 362 g/mol. The second-order valence-corrected chi connectivity index (χ2v) is 9.02. The molecule has 0 heterocycles. The molecule has 0 amide bonds. The fraction of sp³-hybridized carbons (Fsp3) is 0.750. The summed E-state index contributed by atoms with van der Waals surface area (Å²) in [4.78, 5) is 0. The van der Waals surface area contributed by atoms with Crippen molar-refractivity contribution >= 4 is 0 Å². The van der Waals surface area contributed by atoms with Gasteiger partial charge in [0.1, 0.15) is 0 Å². The Morgan fingerprint density at radius 1 is 0.846 bits per heavy atom. The van der Waals surface area contributed by atoms with Gasteiger partial charge in [-0.2, -0.15) is 0 Å². The molecule has 0 aliphatic heterocycles. The summed E-state index contributed by atoms with van der Waals surface area (Å²) in [6.07, 6.45) is 16.2. The molecule has 2 heteroatoms. The van der Waals surface area contributed by atoms with Crippen LogP contribution in [0.2, 0.25) is 0 Å². The van der Waals surface area contributed by atoms with E-state index in [9.17, 15) is 8.78 Å². The molecule has 1 aromatic rings. The van der Waals surface area contributed by atoms with Gasteiger partial charge in [-0.1, -0.05) is 51.5 Å². The van der Waals surface area contributed by atoms with Gasteiger partial charge in [0, 0.05) is 0 Å². The van der Waals surface area contributed by atoms with Crippen LogP contribution in [-0.2, 0) is 0 Å². The van der Waals surface area contributed by atoms with Crippen molar-refractivity contribution in [3.05, 3.63) is 34.9 Å².